The minimum Gasteiger partial charge on any atom is -0.465 e. The molecule has 0 aromatic heterocycles. The van der Waals surface area contributed by atoms with Crippen molar-refractivity contribution in [3.63, 3.8) is 0 Å². The molecule has 3 nitrogen and oxygen atoms in total. The highest BCUT2D eigenvalue weighted by molar-refractivity contribution is 5.71. The van der Waals surface area contributed by atoms with Gasteiger partial charge in [0, 0.05) is 25.7 Å². The van der Waals surface area contributed by atoms with Crippen molar-refractivity contribution in [2.24, 2.45) is 0 Å². The van der Waals surface area contributed by atoms with Crippen LogP contribution in [0.5, 0.6) is 0 Å². The SMILES string of the molecule is C=C(CN(C)C(=O)O)c1c(F)cc(F)cc1F. The molecule has 6 heteroatoms. The maximum absolute atomic E-state index is 13.3. The monoisotopic (exact) mass is 245 g/mol. The number of hydrogen-bond acceptors (Lipinski definition) is 1. The Morgan fingerprint density at radius 2 is 1.82 bits per heavy atom. The summed E-state index contributed by atoms with van der Waals surface area (Å²) in [7, 11) is 1.23. The molecule has 0 bridgehead atoms. The lowest BCUT2D eigenvalue weighted by atomic mass is 10.1. The third-order valence-electron chi connectivity index (χ3n) is 2.12. The minimum absolute atomic E-state index is 0.0788. The van der Waals surface area contributed by atoms with Gasteiger partial charge in [-0.2, -0.15) is 0 Å². The number of nitrogens with zero attached hydrogens (tertiary/aromatic N) is 1. The first kappa shape index (κ1) is 13.1. The Kier molecular flexibility index (Phi) is 3.77. The molecule has 0 saturated carbocycles. The van der Waals surface area contributed by atoms with Crippen molar-refractivity contribution < 1.29 is 23.1 Å². The molecule has 92 valence electrons. The molecular weight excluding hydrogens is 235 g/mol. The van der Waals surface area contributed by atoms with Crippen LogP contribution in [-0.4, -0.2) is 29.7 Å². The molecule has 1 N–H and O–H groups in total. The number of amides is 1. The normalized spacial score (nSPS) is 10.1. The summed E-state index contributed by atoms with van der Waals surface area (Å²) >= 11 is 0. The molecular formula is C11H10F3NO2. The highest BCUT2D eigenvalue weighted by Crippen LogP contribution is 2.22. The molecule has 0 spiro atoms. The van der Waals surface area contributed by atoms with Crippen molar-refractivity contribution in [2.45, 2.75) is 0 Å². The first-order chi connectivity index (χ1) is 7.82. The van der Waals surface area contributed by atoms with Gasteiger partial charge in [-0.1, -0.05) is 6.58 Å². The van der Waals surface area contributed by atoms with Gasteiger partial charge in [-0.05, 0) is 5.57 Å². The fourth-order valence-electron chi connectivity index (χ4n) is 1.31. The van der Waals surface area contributed by atoms with Gasteiger partial charge in [0.25, 0.3) is 0 Å². The molecule has 0 unspecified atom stereocenters. The Hall–Kier alpha value is -1.98. The van der Waals surface area contributed by atoms with Crippen LogP contribution in [0.25, 0.3) is 5.57 Å². The van der Waals surface area contributed by atoms with E-state index in [0.717, 1.165) is 4.90 Å². The Labute approximate surface area is 95.8 Å². The van der Waals surface area contributed by atoms with E-state index in [1.807, 2.05) is 0 Å². The summed E-state index contributed by atoms with van der Waals surface area (Å²) in [5.74, 6) is -3.25. The topological polar surface area (TPSA) is 40.5 Å². The van der Waals surface area contributed by atoms with Gasteiger partial charge in [0.05, 0.1) is 5.56 Å². The van der Waals surface area contributed by atoms with Gasteiger partial charge in [0.1, 0.15) is 17.5 Å². The van der Waals surface area contributed by atoms with Crippen LogP contribution in [0.2, 0.25) is 0 Å². The summed E-state index contributed by atoms with van der Waals surface area (Å²) in [5.41, 5.74) is -0.579. The van der Waals surface area contributed by atoms with Gasteiger partial charge in [-0.25, -0.2) is 18.0 Å². The van der Waals surface area contributed by atoms with E-state index in [-0.39, 0.29) is 12.1 Å². The van der Waals surface area contributed by atoms with Crippen LogP contribution in [-0.2, 0) is 0 Å². The summed E-state index contributed by atoms with van der Waals surface area (Å²) in [5, 5.41) is 8.60. The van der Waals surface area contributed by atoms with Gasteiger partial charge < -0.3 is 10.0 Å². The van der Waals surface area contributed by atoms with Crippen molar-refractivity contribution in [1.29, 1.82) is 0 Å². The Morgan fingerprint density at radius 1 is 1.35 bits per heavy atom. The summed E-state index contributed by atoms with van der Waals surface area (Å²) in [6, 6.07) is 1.04. The highest BCUT2D eigenvalue weighted by Gasteiger charge is 2.17. The number of halogens is 3. The smallest absolute Gasteiger partial charge is 0.407 e. The standard InChI is InChI=1S/C11H10F3NO2/c1-6(5-15(2)11(16)17)10-8(13)3-7(12)4-9(10)14/h3-4H,1,5H2,2H3,(H,16,17). The molecule has 1 aromatic carbocycles. The van der Waals surface area contributed by atoms with E-state index >= 15 is 0 Å². The van der Waals surface area contributed by atoms with Crippen molar-refractivity contribution >= 4 is 11.7 Å². The van der Waals surface area contributed by atoms with Gasteiger partial charge in [-0.15, -0.1) is 0 Å². The van der Waals surface area contributed by atoms with Crippen LogP contribution in [0.4, 0.5) is 18.0 Å². The molecule has 0 aliphatic rings. The van der Waals surface area contributed by atoms with Gasteiger partial charge >= 0.3 is 6.09 Å². The van der Waals surface area contributed by atoms with E-state index in [1.54, 1.807) is 0 Å². The molecule has 0 fully saturated rings. The van der Waals surface area contributed by atoms with E-state index in [2.05, 4.69) is 6.58 Å². The third-order valence-corrected chi connectivity index (χ3v) is 2.12. The van der Waals surface area contributed by atoms with Crippen LogP contribution in [0.15, 0.2) is 18.7 Å². The molecule has 1 aromatic rings. The van der Waals surface area contributed by atoms with E-state index in [1.165, 1.54) is 7.05 Å². The first-order valence-corrected chi connectivity index (χ1v) is 4.59. The molecule has 0 atom stereocenters. The Balaban J connectivity index is 3.01. The second-order valence-corrected chi connectivity index (χ2v) is 3.49. The summed E-state index contributed by atoms with van der Waals surface area (Å²) in [6.07, 6.45) is -1.26. The zero-order valence-corrected chi connectivity index (χ0v) is 9.01. The van der Waals surface area contributed by atoms with E-state index in [4.69, 9.17) is 5.11 Å². The van der Waals surface area contributed by atoms with Crippen LogP contribution < -0.4 is 0 Å². The maximum Gasteiger partial charge on any atom is 0.407 e. The highest BCUT2D eigenvalue weighted by atomic mass is 19.1. The van der Waals surface area contributed by atoms with Gasteiger partial charge in [0.15, 0.2) is 0 Å². The second-order valence-electron chi connectivity index (χ2n) is 3.49. The van der Waals surface area contributed by atoms with E-state index in [0.29, 0.717) is 12.1 Å². The largest absolute Gasteiger partial charge is 0.465 e. The predicted octanol–water partition coefficient (Wildman–Crippen LogP) is 2.73. The van der Waals surface area contributed by atoms with Crippen molar-refractivity contribution in [3.8, 4) is 0 Å². The molecule has 1 rings (SSSR count). The molecule has 1 amide bonds. The van der Waals surface area contributed by atoms with E-state index < -0.39 is 29.1 Å². The Morgan fingerprint density at radius 3 is 2.24 bits per heavy atom. The lowest BCUT2D eigenvalue weighted by Crippen LogP contribution is -2.26. The van der Waals surface area contributed by atoms with Crippen molar-refractivity contribution in [1.82, 2.24) is 4.90 Å². The molecule has 0 aliphatic heterocycles. The van der Waals surface area contributed by atoms with Crippen molar-refractivity contribution in [2.75, 3.05) is 13.6 Å². The summed E-state index contributed by atoms with van der Waals surface area (Å²) in [4.78, 5) is 11.3. The van der Waals surface area contributed by atoms with E-state index in [9.17, 15) is 18.0 Å². The van der Waals surface area contributed by atoms with Crippen LogP contribution in [0, 0.1) is 17.5 Å². The molecule has 0 aliphatic carbocycles. The molecule has 17 heavy (non-hydrogen) atoms. The number of carbonyl (C=O) groups is 1. The number of benzene rings is 1. The molecule has 0 heterocycles. The number of hydrogen-bond donors (Lipinski definition) is 1. The third kappa shape index (κ3) is 2.99. The molecule has 0 saturated heterocycles. The molecule has 0 radical (unpaired) electrons. The zero-order chi connectivity index (χ0) is 13.2. The summed E-state index contributed by atoms with van der Waals surface area (Å²) in [6.45, 7) is 3.12. The lowest BCUT2D eigenvalue weighted by molar-refractivity contribution is 0.161. The zero-order valence-electron chi connectivity index (χ0n) is 9.01. The van der Waals surface area contributed by atoms with Crippen LogP contribution in [0.1, 0.15) is 5.56 Å². The number of rotatable bonds is 3. The quantitative estimate of drug-likeness (QED) is 0.889. The predicted molar refractivity (Wildman–Crippen MR) is 56.0 cm³/mol. The fourth-order valence-corrected chi connectivity index (χ4v) is 1.31. The van der Waals surface area contributed by atoms with Gasteiger partial charge in [-0.3, -0.25) is 0 Å². The van der Waals surface area contributed by atoms with Crippen LogP contribution in [0.3, 0.4) is 0 Å². The van der Waals surface area contributed by atoms with Crippen molar-refractivity contribution in [3.05, 3.63) is 41.7 Å². The minimum atomic E-state index is -1.26. The van der Waals surface area contributed by atoms with Crippen LogP contribution >= 0.6 is 0 Å². The summed E-state index contributed by atoms with van der Waals surface area (Å²) < 4.78 is 39.3. The average molecular weight is 245 g/mol. The number of carboxylic acid groups (broad SMARTS) is 1. The Bertz CT molecular complexity index is 451. The maximum atomic E-state index is 13.3. The first-order valence-electron chi connectivity index (χ1n) is 4.59. The van der Waals surface area contributed by atoms with Gasteiger partial charge in [0.2, 0.25) is 0 Å². The average Bonchev–Trinajstić information content (AvgIpc) is 2.15. The second kappa shape index (κ2) is 4.90. The fraction of sp³-hybridized carbons (Fsp3) is 0.182. The lowest BCUT2D eigenvalue weighted by Gasteiger charge is -2.15. The number of likely N-dealkylation sites (N-methyl/N-ethyl adjacent to an activating group) is 1.